The normalized spacial score (nSPS) is 20.9. The number of rotatable bonds is 3. The van der Waals surface area contributed by atoms with E-state index in [1.807, 2.05) is 0 Å². The fourth-order valence-electron chi connectivity index (χ4n) is 3.10. The second-order valence-electron chi connectivity index (χ2n) is 5.59. The lowest BCUT2D eigenvalue weighted by Crippen LogP contribution is -2.37. The number of piperidine rings is 1. The van der Waals surface area contributed by atoms with Crippen LogP contribution in [0.1, 0.15) is 40.1 Å². The summed E-state index contributed by atoms with van der Waals surface area (Å²) in [6.45, 7) is 1.69. The number of carbonyl (C=O) groups is 2. The Morgan fingerprint density at radius 1 is 1.33 bits per heavy atom. The molecule has 0 radical (unpaired) electrons. The van der Waals surface area contributed by atoms with Crippen LogP contribution in [-0.4, -0.2) is 32.1 Å². The summed E-state index contributed by atoms with van der Waals surface area (Å²) in [6, 6.07) is 0. The van der Waals surface area contributed by atoms with Crippen molar-refractivity contribution in [3.05, 3.63) is 16.0 Å². The molecule has 2 N–H and O–H groups in total. The van der Waals surface area contributed by atoms with Crippen molar-refractivity contribution in [2.24, 2.45) is 5.92 Å². The van der Waals surface area contributed by atoms with Crippen molar-refractivity contribution >= 4 is 28.2 Å². The van der Waals surface area contributed by atoms with Gasteiger partial charge in [0.1, 0.15) is 5.00 Å². The molecule has 6 heteroatoms. The molecule has 1 aromatic heterocycles. The van der Waals surface area contributed by atoms with E-state index in [-0.39, 0.29) is 17.8 Å². The van der Waals surface area contributed by atoms with Gasteiger partial charge in [0.25, 0.3) is 0 Å². The molecule has 21 heavy (non-hydrogen) atoms. The summed E-state index contributed by atoms with van der Waals surface area (Å²) in [6.07, 6.45) is 4.88. The average molecular weight is 308 g/mol. The maximum absolute atomic E-state index is 12.4. The number of hydrogen-bond donors (Lipinski definition) is 2. The molecule has 1 saturated heterocycles. The third-order valence-corrected chi connectivity index (χ3v) is 5.42. The molecule has 114 valence electrons. The number of carbonyl (C=O) groups excluding carboxylic acids is 2. The maximum Gasteiger partial charge on any atom is 0.341 e. The zero-order valence-corrected chi connectivity index (χ0v) is 13.0. The average Bonchev–Trinajstić information content (AvgIpc) is 3.07. The zero-order valence-electron chi connectivity index (χ0n) is 12.2. The summed E-state index contributed by atoms with van der Waals surface area (Å²) >= 11 is 1.53. The van der Waals surface area contributed by atoms with Crippen molar-refractivity contribution in [3.8, 4) is 0 Å². The number of fused-ring (bicyclic) bond motifs is 1. The van der Waals surface area contributed by atoms with Crippen molar-refractivity contribution in [2.45, 2.75) is 32.1 Å². The largest absolute Gasteiger partial charge is 0.465 e. The first-order chi connectivity index (χ1) is 10.2. The highest BCUT2D eigenvalue weighted by Crippen LogP contribution is 2.39. The first kappa shape index (κ1) is 14.5. The van der Waals surface area contributed by atoms with Gasteiger partial charge in [-0.25, -0.2) is 4.79 Å². The van der Waals surface area contributed by atoms with E-state index in [1.54, 1.807) is 0 Å². The Hall–Kier alpha value is -1.40. The van der Waals surface area contributed by atoms with Crippen LogP contribution in [0.3, 0.4) is 0 Å². The predicted molar refractivity (Wildman–Crippen MR) is 81.9 cm³/mol. The monoisotopic (exact) mass is 308 g/mol. The molecule has 0 aromatic carbocycles. The van der Waals surface area contributed by atoms with Crippen LogP contribution in [-0.2, 0) is 22.4 Å². The van der Waals surface area contributed by atoms with Gasteiger partial charge in [0.15, 0.2) is 0 Å². The SMILES string of the molecule is COC(=O)c1c(NC(=O)[C@H]2CCCNC2)sc2c1CCC2. The Bertz CT molecular complexity index is 562. The highest BCUT2D eigenvalue weighted by molar-refractivity contribution is 7.17. The third kappa shape index (κ3) is 2.82. The molecule has 1 aromatic rings. The molecular weight excluding hydrogens is 288 g/mol. The minimum atomic E-state index is -0.341. The number of hydrogen-bond acceptors (Lipinski definition) is 5. The zero-order chi connectivity index (χ0) is 14.8. The number of esters is 1. The highest BCUT2D eigenvalue weighted by Gasteiger charge is 2.29. The van der Waals surface area contributed by atoms with Gasteiger partial charge in [0.05, 0.1) is 18.6 Å². The van der Waals surface area contributed by atoms with E-state index in [9.17, 15) is 9.59 Å². The molecule has 0 saturated carbocycles. The number of amides is 1. The van der Waals surface area contributed by atoms with Crippen molar-refractivity contribution in [1.82, 2.24) is 5.32 Å². The number of anilines is 1. The third-order valence-electron chi connectivity index (χ3n) is 4.22. The fraction of sp³-hybridized carbons (Fsp3) is 0.600. The van der Waals surface area contributed by atoms with Gasteiger partial charge in [-0.2, -0.15) is 0 Å². The van der Waals surface area contributed by atoms with Crippen molar-refractivity contribution < 1.29 is 14.3 Å². The van der Waals surface area contributed by atoms with Crippen LogP contribution in [0, 0.1) is 5.92 Å². The number of methoxy groups -OCH3 is 1. The van der Waals surface area contributed by atoms with Crippen LogP contribution in [0.15, 0.2) is 0 Å². The molecule has 1 atom stereocenters. The first-order valence-electron chi connectivity index (χ1n) is 7.45. The molecule has 3 rings (SSSR count). The van der Waals surface area contributed by atoms with Gasteiger partial charge in [-0.3, -0.25) is 4.79 Å². The topological polar surface area (TPSA) is 67.4 Å². The summed E-state index contributed by atoms with van der Waals surface area (Å²) < 4.78 is 4.89. The Morgan fingerprint density at radius 2 is 2.19 bits per heavy atom. The molecule has 0 bridgehead atoms. The van der Waals surface area contributed by atoms with Crippen LogP contribution >= 0.6 is 11.3 Å². The van der Waals surface area contributed by atoms with E-state index in [2.05, 4.69) is 10.6 Å². The van der Waals surface area contributed by atoms with Crippen LogP contribution in [0.25, 0.3) is 0 Å². The van der Waals surface area contributed by atoms with Crippen molar-refractivity contribution in [2.75, 3.05) is 25.5 Å². The number of nitrogens with one attached hydrogen (secondary N) is 2. The molecule has 0 unspecified atom stereocenters. The van der Waals surface area contributed by atoms with Gasteiger partial charge in [-0.15, -0.1) is 11.3 Å². The highest BCUT2D eigenvalue weighted by atomic mass is 32.1. The van der Waals surface area contributed by atoms with E-state index in [1.165, 1.54) is 23.3 Å². The van der Waals surface area contributed by atoms with Gasteiger partial charge in [-0.05, 0) is 44.2 Å². The standard InChI is InChI=1S/C15H20N2O3S/c1-20-15(19)12-10-5-2-6-11(10)21-14(12)17-13(18)9-4-3-7-16-8-9/h9,16H,2-8H2,1H3,(H,17,18)/t9-/m0/s1. The molecule has 1 amide bonds. The van der Waals surface area contributed by atoms with E-state index in [0.717, 1.165) is 44.2 Å². The van der Waals surface area contributed by atoms with Gasteiger partial charge >= 0.3 is 5.97 Å². The van der Waals surface area contributed by atoms with Gasteiger partial charge in [0.2, 0.25) is 5.91 Å². The van der Waals surface area contributed by atoms with E-state index < -0.39 is 0 Å². The van der Waals surface area contributed by atoms with E-state index in [4.69, 9.17) is 4.74 Å². The van der Waals surface area contributed by atoms with E-state index in [0.29, 0.717) is 17.1 Å². The summed E-state index contributed by atoms with van der Waals surface area (Å²) in [4.78, 5) is 25.6. The number of ether oxygens (including phenoxy) is 1. The second kappa shape index (κ2) is 6.15. The van der Waals surface area contributed by atoms with Crippen LogP contribution in [0.2, 0.25) is 0 Å². The quantitative estimate of drug-likeness (QED) is 0.838. The molecular formula is C15H20N2O3S. The Balaban J connectivity index is 1.81. The minimum Gasteiger partial charge on any atom is -0.465 e. The minimum absolute atomic E-state index is 0.00674. The van der Waals surface area contributed by atoms with Gasteiger partial charge in [-0.1, -0.05) is 0 Å². The molecule has 1 aliphatic heterocycles. The summed E-state index contributed by atoms with van der Waals surface area (Å²) in [5.74, 6) is -0.347. The Morgan fingerprint density at radius 3 is 2.90 bits per heavy atom. The molecule has 5 nitrogen and oxygen atoms in total. The smallest absolute Gasteiger partial charge is 0.341 e. The van der Waals surface area contributed by atoms with Crippen LogP contribution < -0.4 is 10.6 Å². The van der Waals surface area contributed by atoms with Crippen molar-refractivity contribution in [1.29, 1.82) is 0 Å². The predicted octanol–water partition coefficient (Wildman–Crippen LogP) is 1.96. The Labute approximate surface area is 128 Å². The van der Waals surface area contributed by atoms with Gasteiger partial charge in [0, 0.05) is 11.4 Å². The molecule has 2 heterocycles. The van der Waals surface area contributed by atoms with Crippen LogP contribution in [0.5, 0.6) is 0 Å². The maximum atomic E-state index is 12.4. The summed E-state index contributed by atoms with van der Waals surface area (Å²) in [5.41, 5.74) is 1.65. The lowest BCUT2D eigenvalue weighted by atomic mass is 9.99. The first-order valence-corrected chi connectivity index (χ1v) is 8.26. The number of thiophene rings is 1. The Kier molecular flexibility index (Phi) is 4.26. The molecule has 0 spiro atoms. The molecule has 1 fully saturated rings. The molecule has 2 aliphatic rings. The molecule has 1 aliphatic carbocycles. The summed E-state index contributed by atoms with van der Waals surface area (Å²) in [7, 11) is 1.39. The van der Waals surface area contributed by atoms with E-state index >= 15 is 0 Å². The van der Waals surface area contributed by atoms with Gasteiger partial charge < -0.3 is 15.4 Å². The number of aryl methyl sites for hydroxylation is 1. The second-order valence-corrected chi connectivity index (χ2v) is 6.69. The fourth-order valence-corrected chi connectivity index (χ4v) is 4.38. The lowest BCUT2D eigenvalue weighted by Gasteiger charge is -2.21. The van der Waals surface area contributed by atoms with Crippen molar-refractivity contribution in [3.63, 3.8) is 0 Å². The summed E-state index contributed by atoms with van der Waals surface area (Å²) in [5, 5.41) is 6.87. The van der Waals surface area contributed by atoms with Crippen LogP contribution in [0.4, 0.5) is 5.00 Å². The lowest BCUT2D eigenvalue weighted by molar-refractivity contribution is -0.120.